The Morgan fingerprint density at radius 3 is 2.26 bits per heavy atom. The summed E-state index contributed by atoms with van der Waals surface area (Å²) in [5, 5.41) is 10.1. The minimum Gasteiger partial charge on any atom is -0.507 e. The molecule has 0 heterocycles. The van der Waals surface area contributed by atoms with E-state index in [-0.39, 0.29) is 11.5 Å². The molecule has 7 heteroatoms. The van der Waals surface area contributed by atoms with Crippen molar-refractivity contribution in [3.05, 3.63) is 77.4 Å². The maximum absolute atomic E-state index is 11.9. The summed E-state index contributed by atoms with van der Waals surface area (Å²) >= 11 is 0. The first kappa shape index (κ1) is 25.6. The Balaban J connectivity index is 1.52. The van der Waals surface area contributed by atoms with E-state index in [1.165, 1.54) is 13.0 Å². The lowest BCUT2D eigenvalue weighted by atomic mass is 10.0. The van der Waals surface area contributed by atoms with Gasteiger partial charge in [0, 0.05) is 18.6 Å². The SMILES string of the molecule is CCOC(=O)c1cccc(Oc2cccc(OCCCOc3cc(O)c(C(C)=O)cc3CC)c2)c1. The van der Waals surface area contributed by atoms with Crippen LogP contribution in [0.3, 0.4) is 0 Å². The number of hydrogen-bond donors (Lipinski definition) is 1. The summed E-state index contributed by atoms with van der Waals surface area (Å²) in [6.45, 7) is 6.27. The second-order valence-corrected chi connectivity index (χ2v) is 7.76. The molecule has 0 aliphatic carbocycles. The molecular formula is C28H30O7. The van der Waals surface area contributed by atoms with Gasteiger partial charge in [-0.15, -0.1) is 0 Å². The van der Waals surface area contributed by atoms with E-state index >= 15 is 0 Å². The fraction of sp³-hybridized carbons (Fsp3) is 0.286. The molecule has 3 aromatic rings. The number of carbonyl (C=O) groups excluding carboxylic acids is 2. The first-order valence-corrected chi connectivity index (χ1v) is 11.6. The molecule has 184 valence electrons. The fourth-order valence-corrected chi connectivity index (χ4v) is 3.40. The number of Topliss-reactive ketones (excluding diaryl/α,β-unsaturated/α-hetero) is 1. The molecule has 0 saturated carbocycles. The van der Waals surface area contributed by atoms with Crippen molar-refractivity contribution in [3.63, 3.8) is 0 Å². The van der Waals surface area contributed by atoms with Crippen LogP contribution in [0.2, 0.25) is 0 Å². The van der Waals surface area contributed by atoms with Crippen molar-refractivity contribution >= 4 is 11.8 Å². The number of rotatable bonds is 12. The smallest absolute Gasteiger partial charge is 0.338 e. The predicted molar refractivity (Wildman–Crippen MR) is 132 cm³/mol. The zero-order valence-corrected chi connectivity index (χ0v) is 20.2. The normalized spacial score (nSPS) is 10.5. The second-order valence-electron chi connectivity index (χ2n) is 7.76. The van der Waals surface area contributed by atoms with Gasteiger partial charge in [-0.2, -0.15) is 0 Å². The Kier molecular flexibility index (Phi) is 9.12. The molecule has 0 saturated heterocycles. The van der Waals surface area contributed by atoms with Crippen molar-refractivity contribution in [3.8, 4) is 28.7 Å². The van der Waals surface area contributed by atoms with Gasteiger partial charge in [-0.25, -0.2) is 4.79 Å². The van der Waals surface area contributed by atoms with Gasteiger partial charge in [-0.1, -0.05) is 19.1 Å². The predicted octanol–water partition coefficient (Wildman–Crippen LogP) is 5.97. The summed E-state index contributed by atoms with van der Waals surface area (Å²) in [6, 6.07) is 17.2. The van der Waals surface area contributed by atoms with Crippen LogP contribution in [0.15, 0.2) is 60.7 Å². The average molecular weight is 479 g/mol. The van der Waals surface area contributed by atoms with Gasteiger partial charge in [0.1, 0.15) is 28.7 Å². The summed E-state index contributed by atoms with van der Waals surface area (Å²) in [7, 11) is 0. The van der Waals surface area contributed by atoms with Crippen LogP contribution in [-0.4, -0.2) is 36.7 Å². The van der Waals surface area contributed by atoms with Crippen molar-refractivity contribution < 1.29 is 33.6 Å². The molecule has 0 unspecified atom stereocenters. The third kappa shape index (κ3) is 7.24. The van der Waals surface area contributed by atoms with E-state index in [1.807, 2.05) is 19.1 Å². The van der Waals surface area contributed by atoms with Crippen LogP contribution in [0.25, 0.3) is 0 Å². The van der Waals surface area contributed by atoms with E-state index in [9.17, 15) is 14.7 Å². The zero-order valence-electron chi connectivity index (χ0n) is 20.2. The second kappa shape index (κ2) is 12.5. The van der Waals surface area contributed by atoms with Gasteiger partial charge in [0.25, 0.3) is 0 Å². The van der Waals surface area contributed by atoms with Crippen LogP contribution in [0, 0.1) is 0 Å². The summed E-state index contributed by atoms with van der Waals surface area (Å²) < 4.78 is 22.5. The molecule has 1 N–H and O–H groups in total. The number of hydrogen-bond acceptors (Lipinski definition) is 7. The van der Waals surface area contributed by atoms with Gasteiger partial charge in [-0.3, -0.25) is 4.79 Å². The average Bonchev–Trinajstić information content (AvgIpc) is 2.84. The molecule has 0 aliphatic rings. The van der Waals surface area contributed by atoms with E-state index in [1.54, 1.807) is 49.4 Å². The van der Waals surface area contributed by atoms with Gasteiger partial charge in [0.15, 0.2) is 5.78 Å². The van der Waals surface area contributed by atoms with E-state index in [0.717, 1.165) is 5.56 Å². The van der Waals surface area contributed by atoms with Gasteiger partial charge < -0.3 is 24.1 Å². The standard InChI is InChI=1S/C28H30O7/c1-4-20-16-25(19(3)29)26(30)18-27(20)34-14-8-13-33-22-10-7-12-24(17-22)35-23-11-6-9-21(15-23)28(31)32-5-2/h6-7,9-12,15-18,30H,4-5,8,13-14H2,1-3H3. The van der Waals surface area contributed by atoms with Crippen molar-refractivity contribution in [2.75, 3.05) is 19.8 Å². The number of ketones is 1. The molecule has 0 aromatic heterocycles. The third-order valence-corrected chi connectivity index (χ3v) is 5.14. The van der Waals surface area contributed by atoms with E-state index in [4.69, 9.17) is 18.9 Å². The van der Waals surface area contributed by atoms with Crippen LogP contribution in [0.4, 0.5) is 0 Å². The van der Waals surface area contributed by atoms with Crippen LogP contribution < -0.4 is 14.2 Å². The molecule has 7 nitrogen and oxygen atoms in total. The molecule has 0 atom stereocenters. The van der Waals surface area contributed by atoms with Crippen molar-refractivity contribution in [1.29, 1.82) is 0 Å². The van der Waals surface area contributed by atoms with E-state index < -0.39 is 5.97 Å². The Labute approximate surface area is 205 Å². The van der Waals surface area contributed by atoms with Crippen molar-refractivity contribution in [2.45, 2.75) is 33.6 Å². The number of aryl methyl sites for hydroxylation is 1. The third-order valence-electron chi connectivity index (χ3n) is 5.14. The van der Waals surface area contributed by atoms with Crippen LogP contribution in [0.1, 0.15) is 53.5 Å². The summed E-state index contributed by atoms with van der Waals surface area (Å²) in [6.07, 6.45) is 1.30. The lowest BCUT2D eigenvalue weighted by Crippen LogP contribution is -2.07. The first-order chi connectivity index (χ1) is 16.9. The van der Waals surface area contributed by atoms with Crippen LogP contribution in [0.5, 0.6) is 28.7 Å². The number of phenolic OH excluding ortho intramolecular Hbond substituents is 1. The fourth-order valence-electron chi connectivity index (χ4n) is 3.40. The number of esters is 1. The van der Waals surface area contributed by atoms with Crippen molar-refractivity contribution in [1.82, 2.24) is 0 Å². The number of ether oxygens (including phenoxy) is 4. The molecule has 0 bridgehead atoms. The Hall–Kier alpha value is -4.00. The molecule has 0 radical (unpaired) electrons. The topological polar surface area (TPSA) is 91.3 Å². The highest BCUT2D eigenvalue weighted by atomic mass is 16.5. The molecule has 3 aromatic carbocycles. The highest BCUT2D eigenvalue weighted by molar-refractivity contribution is 5.97. The highest BCUT2D eigenvalue weighted by Crippen LogP contribution is 2.30. The molecule has 3 rings (SSSR count). The van der Waals surface area contributed by atoms with Crippen molar-refractivity contribution in [2.24, 2.45) is 0 Å². The maximum Gasteiger partial charge on any atom is 0.338 e. The summed E-state index contributed by atoms with van der Waals surface area (Å²) in [5.74, 6) is 1.64. The monoisotopic (exact) mass is 478 g/mol. The lowest BCUT2D eigenvalue weighted by Gasteiger charge is -2.13. The first-order valence-electron chi connectivity index (χ1n) is 11.6. The van der Waals surface area contributed by atoms with Gasteiger partial charge >= 0.3 is 5.97 Å². The van der Waals surface area contributed by atoms with Gasteiger partial charge in [-0.05, 0) is 62.2 Å². The molecule has 0 amide bonds. The number of benzene rings is 3. The number of aromatic hydroxyl groups is 1. The number of phenols is 1. The molecule has 0 fully saturated rings. The van der Waals surface area contributed by atoms with Gasteiger partial charge in [0.2, 0.25) is 0 Å². The lowest BCUT2D eigenvalue weighted by molar-refractivity contribution is 0.0526. The summed E-state index contributed by atoms with van der Waals surface area (Å²) in [5.41, 5.74) is 1.59. The molecular weight excluding hydrogens is 448 g/mol. The molecule has 0 spiro atoms. The zero-order chi connectivity index (χ0) is 25.2. The summed E-state index contributed by atoms with van der Waals surface area (Å²) in [4.78, 5) is 23.6. The van der Waals surface area contributed by atoms with Crippen LogP contribution >= 0.6 is 0 Å². The minimum absolute atomic E-state index is 0.0782. The molecule has 35 heavy (non-hydrogen) atoms. The Bertz CT molecular complexity index is 1170. The molecule has 0 aliphatic heterocycles. The minimum atomic E-state index is -0.395. The van der Waals surface area contributed by atoms with Gasteiger partial charge in [0.05, 0.1) is 30.9 Å². The van der Waals surface area contributed by atoms with E-state index in [2.05, 4.69) is 0 Å². The quantitative estimate of drug-likeness (QED) is 0.195. The van der Waals surface area contributed by atoms with E-state index in [0.29, 0.717) is 66.8 Å². The highest BCUT2D eigenvalue weighted by Gasteiger charge is 2.13. The largest absolute Gasteiger partial charge is 0.507 e. The Morgan fingerprint density at radius 1 is 0.857 bits per heavy atom. The maximum atomic E-state index is 11.9. The van der Waals surface area contributed by atoms with Crippen LogP contribution in [-0.2, 0) is 11.2 Å². The number of carbonyl (C=O) groups is 2. The Morgan fingerprint density at radius 2 is 1.54 bits per heavy atom.